The lowest BCUT2D eigenvalue weighted by atomic mass is 9.92. The second kappa shape index (κ2) is 6.40. The standard InChI is InChI=1S/C14H21NO2/c1-10-3-4-11(2)13(7-10)8-12(9-15)5-6-14(16)17/h3-4,7,12H,5-6,8-9,15H2,1-2H3,(H,16,17). The van der Waals surface area contributed by atoms with Crippen LogP contribution in [0.25, 0.3) is 0 Å². The molecule has 94 valence electrons. The summed E-state index contributed by atoms with van der Waals surface area (Å²) in [7, 11) is 0. The van der Waals surface area contributed by atoms with Crippen molar-refractivity contribution in [1.29, 1.82) is 0 Å². The van der Waals surface area contributed by atoms with E-state index >= 15 is 0 Å². The molecule has 0 amide bonds. The third-order valence-electron chi connectivity index (χ3n) is 3.11. The molecule has 0 saturated heterocycles. The average Bonchev–Trinajstić information content (AvgIpc) is 2.28. The molecule has 0 aromatic heterocycles. The maximum Gasteiger partial charge on any atom is 0.303 e. The largest absolute Gasteiger partial charge is 0.481 e. The van der Waals surface area contributed by atoms with Crippen molar-refractivity contribution < 1.29 is 9.90 Å². The van der Waals surface area contributed by atoms with Gasteiger partial charge in [-0.05, 0) is 50.3 Å². The zero-order valence-corrected chi connectivity index (χ0v) is 10.6. The molecule has 0 spiro atoms. The van der Waals surface area contributed by atoms with Crippen LogP contribution in [-0.4, -0.2) is 17.6 Å². The number of hydrogen-bond donors (Lipinski definition) is 2. The van der Waals surface area contributed by atoms with Gasteiger partial charge < -0.3 is 10.8 Å². The quantitative estimate of drug-likeness (QED) is 0.795. The van der Waals surface area contributed by atoms with E-state index in [2.05, 4.69) is 32.0 Å². The Labute approximate surface area is 103 Å². The highest BCUT2D eigenvalue weighted by Gasteiger charge is 2.11. The molecule has 1 unspecified atom stereocenters. The topological polar surface area (TPSA) is 63.3 Å². The lowest BCUT2D eigenvalue weighted by Gasteiger charge is -2.15. The molecule has 0 aliphatic heterocycles. The summed E-state index contributed by atoms with van der Waals surface area (Å²) in [5.41, 5.74) is 9.48. The molecule has 1 atom stereocenters. The van der Waals surface area contributed by atoms with Gasteiger partial charge >= 0.3 is 5.97 Å². The molecular weight excluding hydrogens is 214 g/mol. The van der Waals surface area contributed by atoms with E-state index in [0.717, 1.165) is 6.42 Å². The van der Waals surface area contributed by atoms with Gasteiger partial charge in [-0.15, -0.1) is 0 Å². The minimum absolute atomic E-state index is 0.201. The smallest absolute Gasteiger partial charge is 0.303 e. The van der Waals surface area contributed by atoms with Gasteiger partial charge in [0.1, 0.15) is 0 Å². The monoisotopic (exact) mass is 235 g/mol. The molecule has 1 aromatic rings. The number of carboxylic acids is 1. The minimum Gasteiger partial charge on any atom is -0.481 e. The Morgan fingerprint density at radius 2 is 2.12 bits per heavy atom. The minimum atomic E-state index is -0.746. The Morgan fingerprint density at radius 3 is 2.71 bits per heavy atom. The first-order chi connectivity index (χ1) is 8.02. The van der Waals surface area contributed by atoms with Crippen molar-refractivity contribution in [2.45, 2.75) is 33.1 Å². The van der Waals surface area contributed by atoms with E-state index in [1.807, 2.05) is 0 Å². The van der Waals surface area contributed by atoms with Crippen LogP contribution in [0.3, 0.4) is 0 Å². The van der Waals surface area contributed by atoms with Gasteiger partial charge in [-0.3, -0.25) is 4.79 Å². The predicted octanol–water partition coefficient (Wildman–Crippen LogP) is 2.29. The molecular formula is C14H21NO2. The number of hydrogen-bond acceptors (Lipinski definition) is 2. The summed E-state index contributed by atoms with van der Waals surface area (Å²) in [5, 5.41) is 8.68. The highest BCUT2D eigenvalue weighted by Crippen LogP contribution is 2.18. The predicted molar refractivity (Wildman–Crippen MR) is 69.0 cm³/mol. The van der Waals surface area contributed by atoms with Crippen molar-refractivity contribution in [3.05, 3.63) is 34.9 Å². The van der Waals surface area contributed by atoms with E-state index in [1.165, 1.54) is 16.7 Å². The third kappa shape index (κ3) is 4.57. The number of rotatable bonds is 6. The Hall–Kier alpha value is -1.35. The Morgan fingerprint density at radius 1 is 1.41 bits per heavy atom. The van der Waals surface area contributed by atoms with Crippen LogP contribution in [0.1, 0.15) is 29.5 Å². The van der Waals surface area contributed by atoms with E-state index in [0.29, 0.717) is 13.0 Å². The van der Waals surface area contributed by atoms with Crippen LogP contribution in [0.5, 0.6) is 0 Å². The van der Waals surface area contributed by atoms with E-state index < -0.39 is 5.97 Å². The van der Waals surface area contributed by atoms with Crippen LogP contribution >= 0.6 is 0 Å². The third-order valence-corrected chi connectivity index (χ3v) is 3.11. The summed E-state index contributed by atoms with van der Waals surface area (Å²) in [5.74, 6) is -0.490. The van der Waals surface area contributed by atoms with E-state index in [4.69, 9.17) is 10.8 Å². The molecule has 0 fully saturated rings. The first-order valence-electron chi connectivity index (χ1n) is 6.01. The molecule has 3 heteroatoms. The highest BCUT2D eigenvalue weighted by molar-refractivity contribution is 5.66. The fourth-order valence-corrected chi connectivity index (χ4v) is 1.96. The Bertz CT molecular complexity index is 388. The zero-order valence-electron chi connectivity index (χ0n) is 10.6. The molecule has 0 bridgehead atoms. The van der Waals surface area contributed by atoms with Crippen molar-refractivity contribution in [3.8, 4) is 0 Å². The second-order valence-electron chi connectivity index (χ2n) is 4.67. The van der Waals surface area contributed by atoms with Crippen LogP contribution in [0.4, 0.5) is 0 Å². The lowest BCUT2D eigenvalue weighted by molar-refractivity contribution is -0.137. The van der Waals surface area contributed by atoms with Gasteiger partial charge in [-0.1, -0.05) is 23.8 Å². The first-order valence-corrected chi connectivity index (χ1v) is 6.01. The van der Waals surface area contributed by atoms with E-state index in [1.54, 1.807) is 0 Å². The molecule has 1 aromatic carbocycles. The van der Waals surface area contributed by atoms with Gasteiger partial charge in [-0.25, -0.2) is 0 Å². The maximum atomic E-state index is 10.6. The molecule has 3 N–H and O–H groups in total. The Kier molecular flexibility index (Phi) is 5.16. The number of aliphatic carboxylic acids is 1. The summed E-state index contributed by atoms with van der Waals surface area (Å²) >= 11 is 0. The molecule has 0 aliphatic carbocycles. The number of benzene rings is 1. The highest BCUT2D eigenvalue weighted by atomic mass is 16.4. The van der Waals surface area contributed by atoms with Crippen molar-refractivity contribution in [2.24, 2.45) is 11.7 Å². The average molecular weight is 235 g/mol. The van der Waals surface area contributed by atoms with Crippen molar-refractivity contribution in [3.63, 3.8) is 0 Å². The van der Waals surface area contributed by atoms with Gasteiger partial charge in [0.15, 0.2) is 0 Å². The fraction of sp³-hybridized carbons (Fsp3) is 0.500. The number of carboxylic acid groups (broad SMARTS) is 1. The van der Waals surface area contributed by atoms with Crippen LogP contribution in [-0.2, 0) is 11.2 Å². The summed E-state index contributed by atoms with van der Waals surface area (Å²) < 4.78 is 0. The number of aryl methyl sites for hydroxylation is 2. The maximum absolute atomic E-state index is 10.6. The molecule has 0 radical (unpaired) electrons. The SMILES string of the molecule is Cc1ccc(C)c(CC(CN)CCC(=O)O)c1. The summed E-state index contributed by atoms with van der Waals surface area (Å²) in [6.07, 6.45) is 1.73. The molecule has 0 aliphatic rings. The van der Waals surface area contributed by atoms with Crippen molar-refractivity contribution >= 4 is 5.97 Å². The number of carbonyl (C=O) groups is 1. The van der Waals surface area contributed by atoms with Gasteiger partial charge in [0.2, 0.25) is 0 Å². The van der Waals surface area contributed by atoms with Gasteiger partial charge in [0, 0.05) is 6.42 Å². The molecule has 0 heterocycles. The van der Waals surface area contributed by atoms with Crippen LogP contribution in [0, 0.1) is 19.8 Å². The lowest BCUT2D eigenvalue weighted by Crippen LogP contribution is -2.18. The van der Waals surface area contributed by atoms with E-state index in [-0.39, 0.29) is 12.3 Å². The summed E-state index contributed by atoms with van der Waals surface area (Å²) in [4.78, 5) is 10.6. The summed E-state index contributed by atoms with van der Waals surface area (Å²) in [6.45, 7) is 4.69. The van der Waals surface area contributed by atoms with Gasteiger partial charge in [0.05, 0.1) is 0 Å². The van der Waals surface area contributed by atoms with Gasteiger partial charge in [-0.2, -0.15) is 0 Å². The number of nitrogens with two attached hydrogens (primary N) is 1. The molecule has 17 heavy (non-hydrogen) atoms. The van der Waals surface area contributed by atoms with Crippen molar-refractivity contribution in [2.75, 3.05) is 6.54 Å². The Balaban J connectivity index is 2.66. The molecule has 0 saturated carbocycles. The summed E-state index contributed by atoms with van der Waals surface area (Å²) in [6, 6.07) is 6.36. The van der Waals surface area contributed by atoms with Gasteiger partial charge in [0.25, 0.3) is 0 Å². The molecule has 1 rings (SSSR count). The second-order valence-corrected chi connectivity index (χ2v) is 4.67. The van der Waals surface area contributed by atoms with Crippen LogP contribution in [0.15, 0.2) is 18.2 Å². The van der Waals surface area contributed by atoms with Crippen LogP contribution in [0.2, 0.25) is 0 Å². The molecule has 3 nitrogen and oxygen atoms in total. The zero-order chi connectivity index (χ0) is 12.8. The first kappa shape index (κ1) is 13.7. The van der Waals surface area contributed by atoms with E-state index in [9.17, 15) is 4.79 Å². The van der Waals surface area contributed by atoms with Crippen molar-refractivity contribution in [1.82, 2.24) is 0 Å². The van der Waals surface area contributed by atoms with Crippen LogP contribution < -0.4 is 5.73 Å². The normalized spacial score (nSPS) is 12.4. The fourth-order valence-electron chi connectivity index (χ4n) is 1.96.